The van der Waals surface area contributed by atoms with Crippen molar-refractivity contribution in [1.82, 2.24) is 15.5 Å². The molecule has 1 atom stereocenters. The van der Waals surface area contributed by atoms with Gasteiger partial charge >= 0.3 is 5.97 Å². The molecule has 1 amide bonds. The molecule has 0 bridgehead atoms. The van der Waals surface area contributed by atoms with Crippen LogP contribution in [0.3, 0.4) is 0 Å². The van der Waals surface area contributed by atoms with E-state index in [1.807, 2.05) is 24.3 Å². The highest BCUT2D eigenvalue weighted by Gasteiger charge is 2.27. The molecule has 34 heavy (non-hydrogen) atoms. The fourth-order valence-electron chi connectivity index (χ4n) is 4.12. The number of allylic oxidation sites excluding steroid dienone is 1. The summed E-state index contributed by atoms with van der Waals surface area (Å²) in [5.74, 6) is -1.38. The second-order valence-corrected chi connectivity index (χ2v) is 8.67. The summed E-state index contributed by atoms with van der Waals surface area (Å²) < 4.78 is 18.1. The number of hydrogen-bond donors (Lipinski definition) is 2. The summed E-state index contributed by atoms with van der Waals surface area (Å²) in [5.41, 5.74) is 4.69. The molecule has 1 aliphatic carbocycles. The molecule has 0 aliphatic heterocycles. The number of nitrogens with one attached hydrogen (secondary N) is 2. The fourth-order valence-corrected chi connectivity index (χ4v) is 4.25. The SMILES string of the molecule is COC(=O)[C@H](Cc1ccc(F)cc1)NC(=O)c1[nH]nc2c1CCCC/C2=C\c1ccc(Cl)cc1. The van der Waals surface area contributed by atoms with Gasteiger partial charge in [0.05, 0.1) is 12.8 Å². The molecule has 4 rings (SSSR count). The molecular weight excluding hydrogens is 457 g/mol. The van der Waals surface area contributed by atoms with Crippen LogP contribution in [0, 0.1) is 5.82 Å². The van der Waals surface area contributed by atoms with Crippen molar-refractivity contribution in [2.45, 2.75) is 38.1 Å². The number of ether oxygens (including phenoxy) is 1. The number of halogens is 2. The van der Waals surface area contributed by atoms with Gasteiger partial charge in [0.15, 0.2) is 0 Å². The van der Waals surface area contributed by atoms with Gasteiger partial charge in [0.2, 0.25) is 0 Å². The third kappa shape index (κ3) is 5.54. The van der Waals surface area contributed by atoms with E-state index in [9.17, 15) is 14.0 Å². The van der Waals surface area contributed by atoms with Crippen LogP contribution in [0.1, 0.15) is 52.1 Å². The van der Waals surface area contributed by atoms with E-state index >= 15 is 0 Å². The van der Waals surface area contributed by atoms with Crippen LogP contribution in [0.25, 0.3) is 11.6 Å². The molecule has 176 valence electrons. The number of nitrogens with zero attached hydrogens (tertiary/aromatic N) is 1. The molecule has 8 heteroatoms. The predicted molar refractivity (Wildman–Crippen MR) is 129 cm³/mol. The first-order chi connectivity index (χ1) is 16.4. The summed E-state index contributed by atoms with van der Waals surface area (Å²) in [6.45, 7) is 0. The molecule has 0 unspecified atom stereocenters. The quantitative estimate of drug-likeness (QED) is 0.384. The number of amides is 1. The Bertz CT molecular complexity index is 1200. The maximum absolute atomic E-state index is 13.2. The number of aromatic amines is 1. The summed E-state index contributed by atoms with van der Waals surface area (Å²) in [5, 5.41) is 10.8. The number of rotatable bonds is 6. The van der Waals surface area contributed by atoms with Gasteiger partial charge in [0.1, 0.15) is 17.6 Å². The molecule has 0 spiro atoms. The Morgan fingerprint density at radius 1 is 1.15 bits per heavy atom. The first-order valence-corrected chi connectivity index (χ1v) is 11.5. The number of methoxy groups -OCH3 is 1. The van der Waals surface area contributed by atoms with Gasteiger partial charge < -0.3 is 10.1 Å². The van der Waals surface area contributed by atoms with E-state index in [-0.39, 0.29) is 12.2 Å². The van der Waals surface area contributed by atoms with Gasteiger partial charge in [-0.1, -0.05) is 35.9 Å². The zero-order valence-electron chi connectivity index (χ0n) is 18.7. The predicted octanol–water partition coefficient (Wildman–Crippen LogP) is 4.98. The first-order valence-electron chi connectivity index (χ1n) is 11.1. The number of aromatic nitrogens is 2. The van der Waals surface area contributed by atoms with Crippen LogP contribution < -0.4 is 5.32 Å². The highest BCUT2D eigenvalue weighted by Crippen LogP contribution is 2.32. The maximum atomic E-state index is 13.2. The molecule has 1 aliphatic rings. The van der Waals surface area contributed by atoms with Crippen LogP contribution >= 0.6 is 11.6 Å². The van der Waals surface area contributed by atoms with Gasteiger partial charge in [0.25, 0.3) is 5.91 Å². The molecule has 0 saturated heterocycles. The lowest BCUT2D eigenvalue weighted by molar-refractivity contribution is -0.142. The summed E-state index contributed by atoms with van der Waals surface area (Å²) in [4.78, 5) is 25.5. The van der Waals surface area contributed by atoms with E-state index < -0.39 is 17.9 Å². The number of fused-ring (bicyclic) bond motifs is 1. The third-order valence-electron chi connectivity index (χ3n) is 5.88. The van der Waals surface area contributed by atoms with Crippen molar-refractivity contribution in [3.05, 3.63) is 87.4 Å². The lowest BCUT2D eigenvalue weighted by Crippen LogP contribution is -2.43. The molecule has 2 N–H and O–H groups in total. The van der Waals surface area contributed by atoms with Crippen LogP contribution in [0.2, 0.25) is 5.02 Å². The number of carbonyl (C=O) groups is 2. The van der Waals surface area contributed by atoms with Crippen LogP contribution in [-0.2, 0) is 22.4 Å². The first kappa shape index (κ1) is 23.7. The Hall–Kier alpha value is -3.45. The summed E-state index contributed by atoms with van der Waals surface area (Å²) >= 11 is 6.00. The van der Waals surface area contributed by atoms with Crippen molar-refractivity contribution in [3.8, 4) is 0 Å². The van der Waals surface area contributed by atoms with Crippen molar-refractivity contribution in [2.75, 3.05) is 7.11 Å². The van der Waals surface area contributed by atoms with Crippen LogP contribution in [0.15, 0.2) is 48.5 Å². The number of H-pyrrole nitrogens is 1. The van der Waals surface area contributed by atoms with Crippen molar-refractivity contribution >= 4 is 35.1 Å². The summed E-state index contributed by atoms with van der Waals surface area (Å²) in [6, 6.07) is 12.4. The highest BCUT2D eigenvalue weighted by molar-refractivity contribution is 6.30. The smallest absolute Gasteiger partial charge is 0.328 e. The van der Waals surface area contributed by atoms with E-state index in [0.717, 1.165) is 41.7 Å². The number of hydrogen-bond acceptors (Lipinski definition) is 4. The van der Waals surface area contributed by atoms with Crippen molar-refractivity contribution in [1.29, 1.82) is 0 Å². The zero-order chi connectivity index (χ0) is 24.1. The summed E-state index contributed by atoms with van der Waals surface area (Å²) in [7, 11) is 1.27. The second kappa shape index (κ2) is 10.7. The number of esters is 1. The molecule has 2 aromatic carbocycles. The van der Waals surface area contributed by atoms with E-state index in [1.165, 1.54) is 19.2 Å². The zero-order valence-corrected chi connectivity index (χ0v) is 19.5. The monoisotopic (exact) mass is 481 g/mol. The van der Waals surface area contributed by atoms with Gasteiger partial charge in [0, 0.05) is 17.0 Å². The van der Waals surface area contributed by atoms with Gasteiger partial charge in [-0.25, -0.2) is 9.18 Å². The minimum absolute atomic E-state index is 0.177. The Morgan fingerprint density at radius 3 is 2.56 bits per heavy atom. The molecule has 0 fully saturated rings. The van der Waals surface area contributed by atoms with Crippen molar-refractivity contribution in [2.24, 2.45) is 0 Å². The standard InChI is InChI=1S/C26H25ClFN3O3/c1-34-26(33)22(15-17-8-12-20(28)13-9-17)29-25(32)24-21-5-3-2-4-18(23(21)30-31-24)14-16-6-10-19(27)11-7-16/h6-14,22H,2-5,15H2,1H3,(H,29,32)(H,30,31)/b18-14+/t22-/m0/s1. The maximum Gasteiger partial charge on any atom is 0.328 e. The Labute approximate surface area is 202 Å². The van der Waals surface area contributed by atoms with Gasteiger partial charge in [-0.3, -0.25) is 9.89 Å². The molecule has 1 aromatic heterocycles. The second-order valence-electron chi connectivity index (χ2n) is 8.23. The molecule has 6 nitrogen and oxygen atoms in total. The molecule has 0 radical (unpaired) electrons. The Kier molecular flexibility index (Phi) is 7.43. The van der Waals surface area contributed by atoms with E-state index in [2.05, 4.69) is 21.6 Å². The highest BCUT2D eigenvalue weighted by atomic mass is 35.5. The minimum atomic E-state index is -0.920. The van der Waals surface area contributed by atoms with Crippen molar-refractivity contribution in [3.63, 3.8) is 0 Å². The lowest BCUT2D eigenvalue weighted by atomic mass is 10.0. The van der Waals surface area contributed by atoms with Crippen LogP contribution in [0.4, 0.5) is 4.39 Å². The number of benzene rings is 2. The number of carbonyl (C=O) groups excluding carboxylic acids is 2. The van der Waals surface area contributed by atoms with Gasteiger partial charge in [-0.2, -0.15) is 5.10 Å². The Morgan fingerprint density at radius 2 is 1.85 bits per heavy atom. The van der Waals surface area contributed by atoms with Crippen molar-refractivity contribution < 1.29 is 18.7 Å². The molecule has 3 aromatic rings. The van der Waals surface area contributed by atoms with E-state index in [1.54, 1.807) is 12.1 Å². The van der Waals surface area contributed by atoms with Gasteiger partial charge in [-0.05, 0) is 72.7 Å². The average molecular weight is 482 g/mol. The normalized spacial score (nSPS) is 15.3. The van der Waals surface area contributed by atoms with Crippen LogP contribution in [0.5, 0.6) is 0 Å². The third-order valence-corrected chi connectivity index (χ3v) is 6.13. The summed E-state index contributed by atoms with van der Waals surface area (Å²) in [6.07, 6.45) is 5.68. The van der Waals surface area contributed by atoms with Gasteiger partial charge in [-0.15, -0.1) is 0 Å². The minimum Gasteiger partial charge on any atom is -0.467 e. The Balaban J connectivity index is 1.58. The van der Waals surface area contributed by atoms with Crippen LogP contribution in [-0.4, -0.2) is 35.2 Å². The average Bonchev–Trinajstić information content (AvgIpc) is 3.17. The van der Waals surface area contributed by atoms with E-state index in [0.29, 0.717) is 22.7 Å². The topological polar surface area (TPSA) is 84.1 Å². The molecule has 0 saturated carbocycles. The molecule has 1 heterocycles. The molecular formula is C26H25ClFN3O3. The fraction of sp³-hybridized carbons (Fsp3) is 0.269. The lowest BCUT2D eigenvalue weighted by Gasteiger charge is -2.16. The largest absolute Gasteiger partial charge is 0.467 e. The van der Waals surface area contributed by atoms with E-state index in [4.69, 9.17) is 16.3 Å².